The predicted octanol–water partition coefficient (Wildman–Crippen LogP) is 4.39. The summed E-state index contributed by atoms with van der Waals surface area (Å²) in [6.45, 7) is 3.79. The molecule has 2 nitrogen and oxygen atoms in total. The van der Waals surface area contributed by atoms with E-state index in [9.17, 15) is 8.78 Å². The summed E-state index contributed by atoms with van der Waals surface area (Å²) in [6, 6.07) is 10.8. The summed E-state index contributed by atoms with van der Waals surface area (Å²) >= 11 is 0. The zero-order valence-corrected chi connectivity index (χ0v) is 12.4. The van der Waals surface area contributed by atoms with Crippen LogP contribution >= 0.6 is 0 Å². The number of hydrogen-bond acceptors (Lipinski definition) is 2. The van der Waals surface area contributed by atoms with E-state index in [1.54, 1.807) is 7.11 Å². The van der Waals surface area contributed by atoms with E-state index in [0.29, 0.717) is 5.56 Å². The smallest absolute Gasteiger partial charge is 0.128 e. The maximum absolute atomic E-state index is 13.8. The molecule has 2 aromatic rings. The normalized spacial score (nSPS) is 13.8. The Morgan fingerprint density at radius 1 is 1.00 bits per heavy atom. The van der Waals surface area contributed by atoms with Crippen molar-refractivity contribution in [3.8, 4) is 5.75 Å². The molecule has 2 atom stereocenters. The Kier molecular flexibility index (Phi) is 4.91. The lowest BCUT2D eigenvalue weighted by Crippen LogP contribution is -2.23. The van der Waals surface area contributed by atoms with Crippen molar-refractivity contribution in [2.24, 2.45) is 0 Å². The maximum Gasteiger partial charge on any atom is 0.128 e. The van der Waals surface area contributed by atoms with Crippen LogP contribution in [0.25, 0.3) is 0 Å². The molecule has 21 heavy (non-hydrogen) atoms. The zero-order chi connectivity index (χ0) is 15.4. The average molecular weight is 291 g/mol. The molecular formula is C17H19F2NO. The molecule has 0 aromatic heterocycles. The number of ether oxygens (including phenoxy) is 1. The second-order valence-electron chi connectivity index (χ2n) is 5.05. The molecular weight excluding hydrogens is 272 g/mol. The number of methoxy groups -OCH3 is 1. The first-order valence-electron chi connectivity index (χ1n) is 6.86. The number of hydrogen-bond donors (Lipinski definition) is 1. The molecule has 0 amide bonds. The molecule has 0 spiro atoms. The second kappa shape index (κ2) is 6.68. The fraction of sp³-hybridized carbons (Fsp3) is 0.294. The molecule has 0 radical (unpaired) electrons. The Hall–Kier alpha value is -1.94. The van der Waals surface area contributed by atoms with Gasteiger partial charge in [0.25, 0.3) is 0 Å². The van der Waals surface area contributed by atoms with E-state index >= 15 is 0 Å². The average Bonchev–Trinajstić information content (AvgIpc) is 2.49. The van der Waals surface area contributed by atoms with Crippen molar-refractivity contribution in [2.45, 2.75) is 25.9 Å². The molecule has 0 aliphatic heterocycles. The summed E-state index contributed by atoms with van der Waals surface area (Å²) in [4.78, 5) is 0. The summed E-state index contributed by atoms with van der Waals surface area (Å²) in [6.07, 6.45) is 0. The van der Waals surface area contributed by atoms with Gasteiger partial charge in [-0.15, -0.1) is 0 Å². The fourth-order valence-electron chi connectivity index (χ4n) is 2.32. The zero-order valence-electron chi connectivity index (χ0n) is 12.4. The van der Waals surface area contributed by atoms with Gasteiger partial charge in [0, 0.05) is 17.6 Å². The van der Waals surface area contributed by atoms with Gasteiger partial charge >= 0.3 is 0 Å². The van der Waals surface area contributed by atoms with Crippen LogP contribution in [0.15, 0.2) is 42.5 Å². The fourth-order valence-corrected chi connectivity index (χ4v) is 2.32. The lowest BCUT2D eigenvalue weighted by molar-refractivity contribution is 0.412. The first-order valence-corrected chi connectivity index (χ1v) is 6.86. The van der Waals surface area contributed by atoms with Crippen LogP contribution in [0.5, 0.6) is 5.75 Å². The first kappa shape index (κ1) is 15.4. The summed E-state index contributed by atoms with van der Waals surface area (Å²) in [5, 5.41) is 3.27. The summed E-state index contributed by atoms with van der Waals surface area (Å²) < 4.78 is 32.2. The lowest BCUT2D eigenvalue weighted by Gasteiger charge is -2.21. The van der Waals surface area contributed by atoms with Crippen LogP contribution in [0.4, 0.5) is 8.78 Å². The molecule has 112 valence electrons. The minimum absolute atomic E-state index is 0.0160. The summed E-state index contributed by atoms with van der Waals surface area (Å²) in [5.41, 5.74) is 1.35. The van der Waals surface area contributed by atoms with Crippen molar-refractivity contribution in [3.05, 3.63) is 65.2 Å². The number of rotatable bonds is 5. The van der Waals surface area contributed by atoms with Crippen LogP contribution in [-0.2, 0) is 0 Å². The van der Waals surface area contributed by atoms with Gasteiger partial charge in [0.2, 0.25) is 0 Å². The van der Waals surface area contributed by atoms with Crippen molar-refractivity contribution in [2.75, 3.05) is 7.11 Å². The molecule has 4 heteroatoms. The highest BCUT2D eigenvalue weighted by atomic mass is 19.1. The molecule has 0 bridgehead atoms. The van der Waals surface area contributed by atoms with E-state index in [1.165, 1.54) is 6.07 Å². The van der Waals surface area contributed by atoms with Crippen molar-refractivity contribution in [1.82, 2.24) is 5.32 Å². The molecule has 0 saturated heterocycles. The third-order valence-electron chi connectivity index (χ3n) is 3.52. The van der Waals surface area contributed by atoms with Gasteiger partial charge < -0.3 is 10.1 Å². The van der Waals surface area contributed by atoms with Gasteiger partial charge in [-0.2, -0.15) is 0 Å². The number of halogens is 2. The van der Waals surface area contributed by atoms with Crippen LogP contribution in [0.3, 0.4) is 0 Å². The molecule has 2 rings (SSSR count). The highest BCUT2D eigenvalue weighted by Crippen LogP contribution is 2.24. The van der Waals surface area contributed by atoms with E-state index < -0.39 is 11.6 Å². The Balaban J connectivity index is 2.14. The molecule has 2 aromatic carbocycles. The Morgan fingerprint density at radius 2 is 1.76 bits per heavy atom. The van der Waals surface area contributed by atoms with E-state index in [-0.39, 0.29) is 12.1 Å². The Bertz CT molecular complexity index is 615. The van der Waals surface area contributed by atoms with Crippen molar-refractivity contribution >= 4 is 0 Å². The van der Waals surface area contributed by atoms with Crippen LogP contribution in [0.1, 0.15) is 37.1 Å². The molecule has 0 fully saturated rings. The Labute approximate surface area is 123 Å². The van der Waals surface area contributed by atoms with E-state index in [0.717, 1.165) is 23.4 Å². The molecule has 0 aliphatic carbocycles. The molecule has 1 N–H and O–H groups in total. The van der Waals surface area contributed by atoms with Gasteiger partial charge in [-0.25, -0.2) is 8.78 Å². The van der Waals surface area contributed by atoms with Gasteiger partial charge in [0.1, 0.15) is 17.4 Å². The number of benzene rings is 2. The third kappa shape index (κ3) is 3.79. The third-order valence-corrected chi connectivity index (χ3v) is 3.52. The van der Waals surface area contributed by atoms with Gasteiger partial charge in [-0.1, -0.05) is 12.1 Å². The predicted molar refractivity (Wildman–Crippen MR) is 79.3 cm³/mol. The van der Waals surface area contributed by atoms with Crippen molar-refractivity contribution in [3.63, 3.8) is 0 Å². The highest BCUT2D eigenvalue weighted by Gasteiger charge is 2.15. The van der Waals surface area contributed by atoms with Gasteiger partial charge in [-0.3, -0.25) is 0 Å². The van der Waals surface area contributed by atoms with Crippen LogP contribution < -0.4 is 10.1 Å². The lowest BCUT2D eigenvalue weighted by atomic mass is 10.0. The Morgan fingerprint density at radius 3 is 2.48 bits per heavy atom. The second-order valence-corrected chi connectivity index (χ2v) is 5.05. The SMILES string of the molecule is COc1cccc([C@H](C)NC(C)c2cc(F)ccc2F)c1. The first-order chi connectivity index (χ1) is 10.0. The van der Waals surface area contributed by atoms with Crippen LogP contribution in [0, 0.1) is 11.6 Å². The van der Waals surface area contributed by atoms with Gasteiger partial charge in [-0.05, 0) is 49.7 Å². The minimum atomic E-state index is -0.436. The monoisotopic (exact) mass is 291 g/mol. The topological polar surface area (TPSA) is 21.3 Å². The standard InChI is InChI=1S/C17H19F2NO/c1-11(13-5-4-6-15(9-13)21-3)20-12(2)16-10-14(18)7-8-17(16)19/h4-12,20H,1-3H3/t11-,12?/m0/s1. The van der Waals surface area contributed by atoms with Crippen LogP contribution in [-0.4, -0.2) is 7.11 Å². The largest absolute Gasteiger partial charge is 0.497 e. The molecule has 0 saturated carbocycles. The quantitative estimate of drug-likeness (QED) is 0.882. The van der Waals surface area contributed by atoms with E-state index in [1.807, 2.05) is 38.1 Å². The molecule has 0 aliphatic rings. The maximum atomic E-state index is 13.8. The number of nitrogens with one attached hydrogen (secondary N) is 1. The molecule has 1 unspecified atom stereocenters. The highest BCUT2D eigenvalue weighted by molar-refractivity contribution is 5.30. The molecule has 0 heterocycles. The van der Waals surface area contributed by atoms with Gasteiger partial charge in [0.15, 0.2) is 0 Å². The minimum Gasteiger partial charge on any atom is -0.497 e. The van der Waals surface area contributed by atoms with Crippen molar-refractivity contribution < 1.29 is 13.5 Å². The van der Waals surface area contributed by atoms with E-state index in [2.05, 4.69) is 5.32 Å². The van der Waals surface area contributed by atoms with Gasteiger partial charge in [0.05, 0.1) is 7.11 Å². The summed E-state index contributed by atoms with van der Waals surface area (Å²) in [7, 11) is 1.61. The van der Waals surface area contributed by atoms with Crippen molar-refractivity contribution in [1.29, 1.82) is 0 Å². The summed E-state index contributed by atoms with van der Waals surface area (Å²) in [5.74, 6) is -0.0749. The van der Waals surface area contributed by atoms with Crippen LogP contribution in [0.2, 0.25) is 0 Å². The van der Waals surface area contributed by atoms with E-state index in [4.69, 9.17) is 4.74 Å².